The van der Waals surface area contributed by atoms with Crippen LogP contribution in [0, 0.1) is 0 Å². The summed E-state index contributed by atoms with van der Waals surface area (Å²) in [5.41, 5.74) is 0.289. The summed E-state index contributed by atoms with van der Waals surface area (Å²) >= 11 is 3.36. The van der Waals surface area contributed by atoms with Crippen molar-refractivity contribution in [2.75, 3.05) is 0 Å². The lowest BCUT2D eigenvalue weighted by molar-refractivity contribution is 0.00578. The van der Waals surface area contributed by atoms with Crippen LogP contribution in [0.3, 0.4) is 0 Å². The quantitative estimate of drug-likeness (QED) is 0.784. The normalized spacial score (nSPS) is 21.7. The maximum Gasteiger partial charge on any atom is 0.487 e. The lowest BCUT2D eigenvalue weighted by Crippen LogP contribution is -2.41. The summed E-state index contributed by atoms with van der Waals surface area (Å²) in [6, 6.07) is 3.89. The molecule has 2 heterocycles. The molecule has 0 aliphatic carbocycles. The molecular weight excluding hydrogens is 293 g/mol. The Balaban J connectivity index is 2.06. The summed E-state index contributed by atoms with van der Waals surface area (Å²) in [6.07, 6.45) is 3.68. The molecule has 0 aromatic carbocycles. The summed E-state index contributed by atoms with van der Waals surface area (Å²) in [4.78, 5) is 4.27. The van der Waals surface area contributed by atoms with Crippen LogP contribution in [0.25, 0.3) is 6.08 Å². The van der Waals surface area contributed by atoms with Gasteiger partial charge in [-0.2, -0.15) is 0 Å². The highest BCUT2D eigenvalue weighted by Crippen LogP contribution is 2.36. The first kappa shape index (κ1) is 13.8. The van der Waals surface area contributed by atoms with Crippen molar-refractivity contribution in [2.24, 2.45) is 0 Å². The van der Waals surface area contributed by atoms with Crippen LogP contribution in [-0.4, -0.2) is 23.3 Å². The molecule has 0 amide bonds. The molecule has 0 saturated carbocycles. The Bertz CT molecular complexity index is 441. The van der Waals surface area contributed by atoms with Crippen molar-refractivity contribution < 1.29 is 9.31 Å². The van der Waals surface area contributed by atoms with Gasteiger partial charge in [-0.05, 0) is 61.8 Å². The Morgan fingerprint density at radius 2 is 1.78 bits per heavy atom. The molecule has 3 nitrogen and oxygen atoms in total. The molecule has 0 radical (unpaired) electrons. The van der Waals surface area contributed by atoms with Gasteiger partial charge in [0, 0.05) is 10.7 Å². The SMILES string of the molecule is CC1(C)OB(C=Cc2ccc(Br)cn2)OC1(C)C. The van der Waals surface area contributed by atoms with Gasteiger partial charge in [0.25, 0.3) is 0 Å². The van der Waals surface area contributed by atoms with E-state index in [2.05, 4.69) is 20.9 Å². The Morgan fingerprint density at radius 3 is 2.28 bits per heavy atom. The third kappa shape index (κ3) is 2.84. The summed E-state index contributed by atoms with van der Waals surface area (Å²) < 4.78 is 12.7. The maximum atomic E-state index is 5.86. The van der Waals surface area contributed by atoms with Crippen molar-refractivity contribution in [1.82, 2.24) is 4.98 Å². The van der Waals surface area contributed by atoms with Crippen molar-refractivity contribution in [3.63, 3.8) is 0 Å². The molecule has 18 heavy (non-hydrogen) atoms. The first-order chi connectivity index (χ1) is 8.30. The van der Waals surface area contributed by atoms with Gasteiger partial charge in [0.15, 0.2) is 0 Å². The average Bonchev–Trinajstić information content (AvgIpc) is 2.47. The van der Waals surface area contributed by atoms with E-state index in [0.29, 0.717) is 0 Å². The highest BCUT2D eigenvalue weighted by Gasteiger charge is 2.49. The van der Waals surface area contributed by atoms with E-state index in [1.165, 1.54) is 0 Å². The number of pyridine rings is 1. The monoisotopic (exact) mass is 309 g/mol. The highest BCUT2D eigenvalue weighted by molar-refractivity contribution is 9.10. The molecule has 0 N–H and O–H groups in total. The molecule has 1 aliphatic heterocycles. The second kappa shape index (κ2) is 4.80. The van der Waals surface area contributed by atoms with Gasteiger partial charge in [-0.3, -0.25) is 4.98 Å². The van der Waals surface area contributed by atoms with Crippen molar-refractivity contribution >= 4 is 29.1 Å². The number of nitrogens with zero attached hydrogens (tertiary/aromatic N) is 1. The van der Waals surface area contributed by atoms with Crippen molar-refractivity contribution in [2.45, 2.75) is 38.9 Å². The first-order valence-corrected chi connectivity index (χ1v) is 6.75. The zero-order chi connectivity index (χ0) is 13.4. The molecular formula is C13H17BBrNO2. The van der Waals surface area contributed by atoms with Gasteiger partial charge < -0.3 is 9.31 Å². The van der Waals surface area contributed by atoms with E-state index in [4.69, 9.17) is 9.31 Å². The van der Waals surface area contributed by atoms with Gasteiger partial charge in [-0.15, -0.1) is 0 Å². The molecule has 1 fully saturated rings. The smallest absolute Gasteiger partial charge is 0.400 e. The molecule has 0 unspecified atom stereocenters. The van der Waals surface area contributed by atoms with E-state index >= 15 is 0 Å². The van der Waals surface area contributed by atoms with Crippen LogP contribution in [-0.2, 0) is 9.31 Å². The number of aromatic nitrogens is 1. The molecule has 2 rings (SSSR count). The van der Waals surface area contributed by atoms with Gasteiger partial charge in [-0.1, -0.05) is 5.98 Å². The maximum absolute atomic E-state index is 5.86. The minimum atomic E-state index is -0.319. The fourth-order valence-corrected chi connectivity index (χ4v) is 1.86. The zero-order valence-corrected chi connectivity index (χ0v) is 12.7. The van der Waals surface area contributed by atoms with Crippen molar-refractivity contribution in [3.8, 4) is 0 Å². The van der Waals surface area contributed by atoms with Crippen LogP contribution < -0.4 is 0 Å². The van der Waals surface area contributed by atoms with Crippen LogP contribution in [0.1, 0.15) is 33.4 Å². The van der Waals surface area contributed by atoms with Gasteiger partial charge in [0.05, 0.1) is 16.9 Å². The number of hydrogen-bond donors (Lipinski definition) is 0. The molecule has 0 bridgehead atoms. The fourth-order valence-electron chi connectivity index (χ4n) is 1.63. The van der Waals surface area contributed by atoms with E-state index in [9.17, 15) is 0 Å². The van der Waals surface area contributed by atoms with Crippen LogP contribution in [0.15, 0.2) is 28.8 Å². The van der Waals surface area contributed by atoms with Crippen LogP contribution >= 0.6 is 15.9 Å². The van der Waals surface area contributed by atoms with Crippen LogP contribution in [0.2, 0.25) is 0 Å². The summed E-state index contributed by atoms with van der Waals surface area (Å²) in [7, 11) is -0.319. The molecule has 1 aliphatic rings. The van der Waals surface area contributed by atoms with Crippen LogP contribution in [0.5, 0.6) is 0 Å². The molecule has 1 aromatic heterocycles. The minimum absolute atomic E-state index is 0.296. The Hall–Kier alpha value is -0.645. The molecule has 1 saturated heterocycles. The Kier molecular flexibility index (Phi) is 3.67. The molecule has 0 atom stereocenters. The second-order valence-corrected chi connectivity index (χ2v) is 6.30. The fraction of sp³-hybridized carbons (Fsp3) is 0.462. The predicted octanol–water partition coefficient (Wildman–Crippen LogP) is 3.49. The predicted molar refractivity (Wildman–Crippen MR) is 77.1 cm³/mol. The summed E-state index contributed by atoms with van der Waals surface area (Å²) in [5, 5.41) is 0. The van der Waals surface area contributed by atoms with E-state index in [1.54, 1.807) is 6.20 Å². The Morgan fingerprint density at radius 1 is 1.17 bits per heavy atom. The van der Waals surface area contributed by atoms with E-state index in [0.717, 1.165) is 10.2 Å². The lowest BCUT2D eigenvalue weighted by atomic mass is 9.90. The Labute approximate surface area is 117 Å². The van der Waals surface area contributed by atoms with Crippen LogP contribution in [0.4, 0.5) is 0 Å². The summed E-state index contributed by atoms with van der Waals surface area (Å²) in [6.45, 7) is 8.16. The average molecular weight is 310 g/mol. The second-order valence-electron chi connectivity index (χ2n) is 5.39. The number of rotatable bonds is 2. The molecule has 96 valence electrons. The van der Waals surface area contributed by atoms with Crippen molar-refractivity contribution in [3.05, 3.63) is 34.5 Å². The third-order valence-corrected chi connectivity index (χ3v) is 3.91. The van der Waals surface area contributed by atoms with E-state index in [1.807, 2.05) is 51.9 Å². The van der Waals surface area contributed by atoms with Crippen molar-refractivity contribution in [1.29, 1.82) is 0 Å². The van der Waals surface area contributed by atoms with Gasteiger partial charge in [-0.25, -0.2) is 0 Å². The number of hydrogen-bond acceptors (Lipinski definition) is 3. The number of halogens is 1. The molecule has 0 spiro atoms. The largest absolute Gasteiger partial charge is 0.487 e. The molecule has 5 heteroatoms. The molecule has 1 aromatic rings. The minimum Gasteiger partial charge on any atom is -0.400 e. The van der Waals surface area contributed by atoms with E-state index < -0.39 is 0 Å². The summed E-state index contributed by atoms with van der Waals surface area (Å²) in [5.74, 6) is 1.90. The highest BCUT2D eigenvalue weighted by atomic mass is 79.9. The van der Waals surface area contributed by atoms with E-state index in [-0.39, 0.29) is 18.3 Å². The zero-order valence-electron chi connectivity index (χ0n) is 11.1. The lowest BCUT2D eigenvalue weighted by Gasteiger charge is -2.32. The topological polar surface area (TPSA) is 31.4 Å². The van der Waals surface area contributed by atoms with Gasteiger partial charge in [0.2, 0.25) is 0 Å². The van der Waals surface area contributed by atoms with Gasteiger partial charge in [0.1, 0.15) is 0 Å². The third-order valence-electron chi connectivity index (χ3n) is 3.45. The standard InChI is InChI=1S/C13H17BBrNO2/c1-12(2)13(3,4)18-14(17-12)8-7-11-6-5-10(15)9-16-11/h5-9H,1-4H3. The first-order valence-electron chi connectivity index (χ1n) is 5.96. The van der Waals surface area contributed by atoms with Gasteiger partial charge >= 0.3 is 7.12 Å².